The minimum Gasteiger partial charge on any atom is -0.258 e. The number of hydrogen-bond donors (Lipinski definition) is 0. The summed E-state index contributed by atoms with van der Waals surface area (Å²) in [7, 11) is 0. The minimum absolute atomic E-state index is 0.785. The maximum Gasteiger partial charge on any atom is 0.0724 e. The molecular weight excluding hydrogens is 192 g/mol. The third-order valence-electron chi connectivity index (χ3n) is 1.30. The fraction of sp³-hybridized carbons (Fsp3) is 0.429. The normalized spacial score (nSPS) is 9.90. The Bertz CT molecular complexity index is 235. The van der Waals surface area contributed by atoms with Gasteiger partial charge in [0.2, 0.25) is 0 Å². The van der Waals surface area contributed by atoms with Gasteiger partial charge in [-0.05, 0) is 13.8 Å². The molecule has 2 nitrogen and oxygen atoms in total. The van der Waals surface area contributed by atoms with Gasteiger partial charge in [0.25, 0.3) is 0 Å². The molecule has 1 aromatic rings. The Morgan fingerprint density at radius 1 is 1.50 bits per heavy atom. The second-order valence-electron chi connectivity index (χ2n) is 2.18. The highest BCUT2D eigenvalue weighted by molar-refractivity contribution is 9.08. The van der Waals surface area contributed by atoms with E-state index in [-0.39, 0.29) is 0 Å². The van der Waals surface area contributed by atoms with E-state index >= 15 is 0 Å². The summed E-state index contributed by atoms with van der Waals surface area (Å²) in [5.74, 6) is 0. The Morgan fingerprint density at radius 2 is 2.20 bits per heavy atom. The average molecular weight is 201 g/mol. The molecule has 1 rings (SSSR count). The number of rotatable bonds is 1. The van der Waals surface area contributed by atoms with E-state index in [1.54, 1.807) is 6.20 Å². The molecule has 0 bridgehead atoms. The van der Waals surface area contributed by atoms with Crippen molar-refractivity contribution in [2.45, 2.75) is 19.2 Å². The van der Waals surface area contributed by atoms with Crippen LogP contribution >= 0.6 is 15.9 Å². The Kier molecular flexibility index (Phi) is 2.38. The highest BCUT2D eigenvalue weighted by Gasteiger charge is 1.97. The van der Waals surface area contributed by atoms with Crippen molar-refractivity contribution in [2.24, 2.45) is 0 Å². The molecule has 0 spiro atoms. The molecule has 1 heterocycles. The first kappa shape index (κ1) is 7.66. The van der Waals surface area contributed by atoms with Crippen molar-refractivity contribution in [2.75, 3.05) is 0 Å². The summed E-state index contributed by atoms with van der Waals surface area (Å²) in [6, 6.07) is 0. The Labute approximate surface area is 68.8 Å². The second kappa shape index (κ2) is 3.10. The monoisotopic (exact) mass is 200 g/mol. The van der Waals surface area contributed by atoms with Crippen LogP contribution in [-0.2, 0) is 5.33 Å². The van der Waals surface area contributed by atoms with Gasteiger partial charge in [0.05, 0.1) is 17.1 Å². The summed E-state index contributed by atoms with van der Waals surface area (Å²) in [5.41, 5.74) is 3.00. The Morgan fingerprint density at radius 3 is 2.70 bits per heavy atom. The zero-order valence-electron chi connectivity index (χ0n) is 6.06. The lowest BCUT2D eigenvalue weighted by atomic mass is 10.3. The smallest absolute Gasteiger partial charge is 0.0724 e. The fourth-order valence-corrected chi connectivity index (χ4v) is 1.25. The molecule has 54 valence electrons. The van der Waals surface area contributed by atoms with E-state index < -0.39 is 0 Å². The molecule has 3 heteroatoms. The van der Waals surface area contributed by atoms with Gasteiger partial charge in [-0.3, -0.25) is 9.97 Å². The lowest BCUT2D eigenvalue weighted by Gasteiger charge is -1.99. The Balaban J connectivity index is 3.09. The molecule has 0 aliphatic carbocycles. The lowest BCUT2D eigenvalue weighted by Crippen LogP contribution is -1.95. The quantitative estimate of drug-likeness (QED) is 0.649. The summed E-state index contributed by atoms with van der Waals surface area (Å²) in [6.45, 7) is 3.90. The van der Waals surface area contributed by atoms with E-state index in [1.807, 2.05) is 13.8 Å². The third-order valence-corrected chi connectivity index (χ3v) is 1.83. The van der Waals surface area contributed by atoms with Crippen molar-refractivity contribution in [1.29, 1.82) is 0 Å². The van der Waals surface area contributed by atoms with Crippen LogP contribution in [0.3, 0.4) is 0 Å². The van der Waals surface area contributed by atoms with Gasteiger partial charge in [0.15, 0.2) is 0 Å². The predicted molar refractivity (Wildman–Crippen MR) is 44.1 cm³/mol. The maximum absolute atomic E-state index is 4.28. The number of aryl methyl sites for hydroxylation is 2. The minimum atomic E-state index is 0.785. The number of halogens is 1. The second-order valence-corrected chi connectivity index (χ2v) is 2.74. The van der Waals surface area contributed by atoms with Crippen LogP contribution < -0.4 is 0 Å². The van der Waals surface area contributed by atoms with E-state index in [9.17, 15) is 0 Å². The van der Waals surface area contributed by atoms with Crippen LogP contribution in [0.2, 0.25) is 0 Å². The summed E-state index contributed by atoms with van der Waals surface area (Å²) in [4.78, 5) is 8.44. The largest absolute Gasteiger partial charge is 0.258 e. The van der Waals surface area contributed by atoms with E-state index in [0.717, 1.165) is 22.4 Å². The van der Waals surface area contributed by atoms with Gasteiger partial charge in [-0.15, -0.1) is 0 Å². The van der Waals surface area contributed by atoms with E-state index in [2.05, 4.69) is 25.9 Å². The highest BCUT2D eigenvalue weighted by Crippen LogP contribution is 2.05. The molecule has 0 aromatic carbocycles. The van der Waals surface area contributed by atoms with Gasteiger partial charge >= 0.3 is 0 Å². The van der Waals surface area contributed by atoms with Gasteiger partial charge in [0, 0.05) is 11.5 Å². The van der Waals surface area contributed by atoms with Crippen molar-refractivity contribution in [1.82, 2.24) is 9.97 Å². The van der Waals surface area contributed by atoms with E-state index in [0.29, 0.717) is 0 Å². The molecule has 0 amide bonds. The van der Waals surface area contributed by atoms with E-state index in [4.69, 9.17) is 0 Å². The molecule has 0 atom stereocenters. The number of alkyl halides is 1. The molecule has 0 aliphatic rings. The van der Waals surface area contributed by atoms with Crippen LogP contribution in [0.1, 0.15) is 17.1 Å². The third kappa shape index (κ3) is 1.53. The van der Waals surface area contributed by atoms with Crippen LogP contribution in [0.4, 0.5) is 0 Å². The molecule has 0 aliphatic heterocycles. The Hall–Kier alpha value is -0.440. The predicted octanol–water partition coefficient (Wildman–Crippen LogP) is 1.99. The van der Waals surface area contributed by atoms with E-state index in [1.165, 1.54) is 0 Å². The first-order valence-electron chi connectivity index (χ1n) is 3.09. The molecule has 10 heavy (non-hydrogen) atoms. The highest BCUT2D eigenvalue weighted by atomic mass is 79.9. The number of aromatic nitrogens is 2. The molecule has 0 N–H and O–H groups in total. The summed E-state index contributed by atoms with van der Waals surface area (Å²) in [6.07, 6.45) is 1.78. The van der Waals surface area contributed by atoms with Gasteiger partial charge in [-0.1, -0.05) is 15.9 Å². The number of hydrogen-bond acceptors (Lipinski definition) is 2. The van der Waals surface area contributed by atoms with Crippen LogP contribution in [0.5, 0.6) is 0 Å². The topological polar surface area (TPSA) is 25.8 Å². The molecule has 0 unspecified atom stereocenters. The van der Waals surface area contributed by atoms with Crippen LogP contribution in [0.15, 0.2) is 6.20 Å². The zero-order chi connectivity index (χ0) is 7.56. The summed E-state index contributed by atoms with van der Waals surface area (Å²) >= 11 is 3.34. The van der Waals surface area contributed by atoms with Crippen molar-refractivity contribution in [3.63, 3.8) is 0 Å². The van der Waals surface area contributed by atoms with Crippen molar-refractivity contribution in [3.05, 3.63) is 23.3 Å². The van der Waals surface area contributed by atoms with Gasteiger partial charge in [0.1, 0.15) is 0 Å². The molecule has 0 saturated carbocycles. The van der Waals surface area contributed by atoms with Crippen molar-refractivity contribution in [3.8, 4) is 0 Å². The summed E-state index contributed by atoms with van der Waals surface area (Å²) in [5, 5.41) is 0.785. The fourth-order valence-electron chi connectivity index (χ4n) is 0.714. The van der Waals surface area contributed by atoms with Crippen molar-refractivity contribution >= 4 is 15.9 Å². The average Bonchev–Trinajstić information content (AvgIpc) is 1.94. The lowest BCUT2D eigenvalue weighted by molar-refractivity contribution is 0.996. The molecule has 0 radical (unpaired) electrons. The van der Waals surface area contributed by atoms with Crippen molar-refractivity contribution < 1.29 is 0 Å². The van der Waals surface area contributed by atoms with Crippen LogP contribution in [0, 0.1) is 13.8 Å². The molecule has 0 saturated heterocycles. The van der Waals surface area contributed by atoms with Crippen LogP contribution in [0.25, 0.3) is 0 Å². The first-order chi connectivity index (χ1) is 4.74. The zero-order valence-corrected chi connectivity index (χ0v) is 7.64. The number of nitrogens with zero attached hydrogens (tertiary/aromatic N) is 2. The SMILES string of the molecule is Cc1cnc(C)c(CBr)n1. The standard InChI is InChI=1S/C7H9BrN2/c1-5-4-9-6(2)7(3-8)10-5/h4H,3H2,1-2H3. The summed E-state index contributed by atoms with van der Waals surface area (Å²) < 4.78 is 0. The van der Waals surface area contributed by atoms with Crippen LogP contribution in [-0.4, -0.2) is 9.97 Å². The van der Waals surface area contributed by atoms with Gasteiger partial charge in [-0.25, -0.2) is 0 Å². The molecule has 0 fully saturated rings. The maximum atomic E-state index is 4.28. The molecular formula is C7H9BrN2. The van der Waals surface area contributed by atoms with Gasteiger partial charge < -0.3 is 0 Å². The first-order valence-corrected chi connectivity index (χ1v) is 4.21. The van der Waals surface area contributed by atoms with Gasteiger partial charge in [-0.2, -0.15) is 0 Å². The molecule has 1 aromatic heterocycles.